The Bertz CT molecular complexity index is 776. The number of amides is 1. The lowest BCUT2D eigenvalue weighted by molar-refractivity contribution is -0.140. The van der Waals surface area contributed by atoms with E-state index in [0.29, 0.717) is 4.91 Å². The molecule has 3 heterocycles. The molecule has 0 atom stereocenters. The van der Waals surface area contributed by atoms with Crippen molar-refractivity contribution in [3.8, 4) is 9.75 Å². The molecule has 0 aromatic carbocycles. The van der Waals surface area contributed by atoms with Crippen LogP contribution in [0.15, 0.2) is 34.6 Å². The molecule has 1 aliphatic rings. The van der Waals surface area contributed by atoms with E-state index in [1.807, 2.05) is 29.6 Å². The van der Waals surface area contributed by atoms with Gasteiger partial charge in [0.2, 0.25) is 0 Å². The third kappa shape index (κ3) is 3.14. The summed E-state index contributed by atoms with van der Waals surface area (Å²) < 4.78 is 0.286. The van der Waals surface area contributed by atoms with E-state index >= 15 is 0 Å². The molecule has 0 unspecified atom stereocenters. The summed E-state index contributed by atoms with van der Waals surface area (Å²) in [7, 11) is 0. The number of carboxylic acid groups (broad SMARTS) is 1. The quantitative estimate of drug-likeness (QED) is 0.659. The Morgan fingerprint density at radius 2 is 2.14 bits per heavy atom. The van der Waals surface area contributed by atoms with Crippen molar-refractivity contribution >= 4 is 68.9 Å². The van der Waals surface area contributed by atoms with Crippen molar-refractivity contribution in [3.63, 3.8) is 0 Å². The number of hydrogen-bond donors (Lipinski definition) is 1. The SMILES string of the molecule is O=C(O)CN1C(=O)/C(=C\c2ccc(-c3cccs3)s2)SC1=S. The van der Waals surface area contributed by atoms with E-state index in [1.54, 1.807) is 28.7 Å². The smallest absolute Gasteiger partial charge is 0.323 e. The molecule has 22 heavy (non-hydrogen) atoms. The number of nitrogens with zero attached hydrogens (tertiary/aromatic N) is 1. The van der Waals surface area contributed by atoms with Crippen LogP contribution in [0.3, 0.4) is 0 Å². The summed E-state index contributed by atoms with van der Waals surface area (Å²) in [6, 6.07) is 8.01. The summed E-state index contributed by atoms with van der Waals surface area (Å²) in [5.74, 6) is -1.42. The first-order valence-corrected chi connectivity index (χ1v) is 9.07. The van der Waals surface area contributed by atoms with Crippen molar-refractivity contribution in [2.75, 3.05) is 6.54 Å². The number of carboxylic acids is 1. The van der Waals surface area contributed by atoms with Gasteiger partial charge in [-0.15, -0.1) is 22.7 Å². The van der Waals surface area contributed by atoms with Crippen LogP contribution in [0, 0.1) is 0 Å². The van der Waals surface area contributed by atoms with Gasteiger partial charge in [-0.05, 0) is 29.7 Å². The van der Waals surface area contributed by atoms with Crippen LogP contribution in [0.2, 0.25) is 0 Å². The third-order valence-corrected chi connectivity index (χ3v) is 6.31. The first-order valence-electron chi connectivity index (χ1n) is 6.15. The van der Waals surface area contributed by atoms with Crippen LogP contribution in [0.1, 0.15) is 4.88 Å². The summed E-state index contributed by atoms with van der Waals surface area (Å²) in [5, 5.41) is 10.8. The van der Waals surface area contributed by atoms with Crippen molar-refractivity contribution < 1.29 is 14.7 Å². The lowest BCUT2D eigenvalue weighted by Crippen LogP contribution is -2.33. The first-order chi connectivity index (χ1) is 10.5. The molecule has 0 aliphatic carbocycles. The third-order valence-electron chi connectivity index (χ3n) is 2.83. The first kappa shape index (κ1) is 15.4. The topological polar surface area (TPSA) is 57.6 Å². The molecule has 0 saturated carbocycles. The van der Waals surface area contributed by atoms with Crippen LogP contribution in [0.4, 0.5) is 0 Å². The Balaban J connectivity index is 1.82. The Kier molecular flexibility index (Phi) is 4.44. The molecular formula is C14H9NO3S4. The van der Waals surface area contributed by atoms with Gasteiger partial charge in [0.05, 0.1) is 4.91 Å². The van der Waals surface area contributed by atoms with Crippen LogP contribution in [-0.2, 0) is 9.59 Å². The van der Waals surface area contributed by atoms with Crippen LogP contribution < -0.4 is 0 Å². The van der Waals surface area contributed by atoms with E-state index < -0.39 is 12.5 Å². The van der Waals surface area contributed by atoms with Gasteiger partial charge < -0.3 is 5.11 Å². The molecule has 3 rings (SSSR count). The lowest BCUT2D eigenvalue weighted by Gasteiger charge is -2.09. The number of carbonyl (C=O) groups is 2. The minimum absolute atomic E-state index is 0.286. The van der Waals surface area contributed by atoms with E-state index in [-0.39, 0.29) is 10.2 Å². The zero-order valence-electron chi connectivity index (χ0n) is 11.0. The van der Waals surface area contributed by atoms with Gasteiger partial charge in [0.15, 0.2) is 0 Å². The van der Waals surface area contributed by atoms with E-state index in [9.17, 15) is 9.59 Å². The van der Waals surface area contributed by atoms with Gasteiger partial charge in [-0.1, -0.05) is 30.0 Å². The zero-order valence-corrected chi connectivity index (χ0v) is 14.3. The Labute approximate surface area is 144 Å². The second-order valence-corrected chi connectivity index (χ2v) is 8.08. The van der Waals surface area contributed by atoms with E-state index in [4.69, 9.17) is 17.3 Å². The Hall–Kier alpha value is -1.48. The molecule has 0 spiro atoms. The molecule has 2 aromatic heterocycles. The predicted molar refractivity (Wildman–Crippen MR) is 95.1 cm³/mol. The second-order valence-electron chi connectivity index (χ2n) is 4.34. The van der Waals surface area contributed by atoms with E-state index in [1.165, 1.54) is 4.88 Å². The number of rotatable bonds is 4. The highest BCUT2D eigenvalue weighted by Gasteiger charge is 2.33. The maximum absolute atomic E-state index is 12.2. The monoisotopic (exact) mass is 367 g/mol. The van der Waals surface area contributed by atoms with Gasteiger partial charge >= 0.3 is 5.97 Å². The number of aliphatic carboxylic acids is 1. The van der Waals surface area contributed by atoms with Gasteiger partial charge in [-0.2, -0.15) is 0 Å². The average Bonchev–Trinajstić information content (AvgIpc) is 3.17. The minimum Gasteiger partial charge on any atom is -0.480 e. The lowest BCUT2D eigenvalue weighted by atomic mass is 10.3. The van der Waals surface area contributed by atoms with Gasteiger partial charge in [0.25, 0.3) is 5.91 Å². The highest BCUT2D eigenvalue weighted by Crippen LogP contribution is 2.36. The van der Waals surface area contributed by atoms with Gasteiger partial charge in [-0.25, -0.2) is 0 Å². The molecule has 4 nitrogen and oxygen atoms in total. The summed E-state index contributed by atoms with van der Waals surface area (Å²) in [6.45, 7) is -0.396. The molecule has 1 saturated heterocycles. The van der Waals surface area contributed by atoms with Crippen molar-refractivity contribution in [1.29, 1.82) is 0 Å². The van der Waals surface area contributed by atoms with Crippen molar-refractivity contribution in [2.24, 2.45) is 0 Å². The van der Waals surface area contributed by atoms with Crippen LogP contribution in [0.25, 0.3) is 15.8 Å². The summed E-state index contributed by atoms with van der Waals surface area (Å²) in [4.78, 5) is 27.8. The fraction of sp³-hybridized carbons (Fsp3) is 0.0714. The fourth-order valence-electron chi connectivity index (χ4n) is 1.88. The predicted octanol–water partition coefficient (Wildman–Crippen LogP) is 3.76. The fourth-order valence-corrected chi connectivity index (χ4v) is 4.99. The molecule has 8 heteroatoms. The van der Waals surface area contributed by atoms with Crippen molar-refractivity contribution in [3.05, 3.63) is 39.4 Å². The molecule has 1 fully saturated rings. The molecule has 1 amide bonds. The van der Waals surface area contributed by atoms with Crippen LogP contribution in [-0.4, -0.2) is 32.7 Å². The maximum Gasteiger partial charge on any atom is 0.323 e. The van der Waals surface area contributed by atoms with Gasteiger partial charge in [0.1, 0.15) is 10.9 Å². The maximum atomic E-state index is 12.2. The largest absolute Gasteiger partial charge is 0.480 e. The van der Waals surface area contributed by atoms with Crippen LogP contribution >= 0.6 is 46.7 Å². The van der Waals surface area contributed by atoms with Crippen molar-refractivity contribution in [2.45, 2.75) is 0 Å². The highest BCUT2D eigenvalue weighted by atomic mass is 32.2. The normalized spacial score (nSPS) is 16.7. The van der Waals surface area contributed by atoms with Crippen LogP contribution in [0.5, 0.6) is 0 Å². The summed E-state index contributed by atoms with van der Waals surface area (Å²) in [5.41, 5.74) is 0. The van der Waals surface area contributed by atoms with Gasteiger partial charge in [-0.3, -0.25) is 14.5 Å². The number of thiophene rings is 2. The standard InChI is InChI=1S/C14H9NO3S4/c16-12(17)7-15-13(18)11(22-14(15)19)6-8-3-4-10(21-8)9-2-1-5-20-9/h1-6H,7H2,(H,16,17)/b11-6+. The summed E-state index contributed by atoms with van der Waals surface area (Å²) in [6.07, 6.45) is 1.77. The number of carbonyl (C=O) groups excluding carboxylic acids is 1. The highest BCUT2D eigenvalue weighted by molar-refractivity contribution is 8.26. The van der Waals surface area contributed by atoms with E-state index in [2.05, 4.69) is 0 Å². The number of thioether (sulfide) groups is 1. The molecule has 1 N–H and O–H groups in total. The molecular weight excluding hydrogens is 358 g/mol. The Morgan fingerprint density at radius 3 is 2.82 bits per heavy atom. The number of hydrogen-bond acceptors (Lipinski definition) is 6. The minimum atomic E-state index is -1.08. The molecule has 2 aromatic rings. The molecule has 1 aliphatic heterocycles. The van der Waals surface area contributed by atoms with Crippen molar-refractivity contribution in [1.82, 2.24) is 4.90 Å². The van der Waals surface area contributed by atoms with E-state index in [0.717, 1.165) is 26.4 Å². The number of thiocarbonyl (C=S) groups is 1. The summed E-state index contributed by atoms with van der Waals surface area (Å²) >= 11 is 9.46. The Morgan fingerprint density at radius 1 is 1.32 bits per heavy atom. The molecule has 0 bridgehead atoms. The molecule has 112 valence electrons. The molecule has 0 radical (unpaired) electrons. The van der Waals surface area contributed by atoms with Gasteiger partial charge in [0, 0.05) is 14.6 Å². The average molecular weight is 367 g/mol. The second kappa shape index (κ2) is 6.33. The zero-order chi connectivity index (χ0) is 15.7.